The molecule has 0 aliphatic carbocycles. The molecule has 4 heteroatoms. The highest BCUT2D eigenvalue weighted by molar-refractivity contribution is 9.10. The van der Waals surface area contributed by atoms with E-state index in [2.05, 4.69) is 15.9 Å². The van der Waals surface area contributed by atoms with Crippen LogP contribution in [0.25, 0.3) is 0 Å². The van der Waals surface area contributed by atoms with Crippen LogP contribution in [0, 0.1) is 0 Å². The molecule has 3 nitrogen and oxygen atoms in total. The van der Waals surface area contributed by atoms with Crippen LogP contribution in [0.1, 0.15) is 17.2 Å². The van der Waals surface area contributed by atoms with Crippen molar-refractivity contribution in [2.75, 3.05) is 7.11 Å². The molecule has 0 saturated carbocycles. The van der Waals surface area contributed by atoms with Gasteiger partial charge in [-0.1, -0.05) is 12.1 Å². The largest absolute Gasteiger partial charge is 0.497 e. The number of furan rings is 1. The lowest BCUT2D eigenvalue weighted by molar-refractivity contribution is 0.414. The average Bonchev–Trinajstić information content (AvgIpc) is 2.76. The van der Waals surface area contributed by atoms with Gasteiger partial charge in [-0.05, 0) is 46.1 Å². The number of rotatable bonds is 4. The van der Waals surface area contributed by atoms with Crippen LogP contribution >= 0.6 is 15.9 Å². The summed E-state index contributed by atoms with van der Waals surface area (Å²) in [7, 11) is 1.66. The fourth-order valence-electron chi connectivity index (χ4n) is 1.70. The maximum absolute atomic E-state index is 6.12. The van der Waals surface area contributed by atoms with E-state index in [-0.39, 0.29) is 6.04 Å². The van der Waals surface area contributed by atoms with Gasteiger partial charge in [0.2, 0.25) is 0 Å². The van der Waals surface area contributed by atoms with Gasteiger partial charge in [-0.3, -0.25) is 0 Å². The van der Waals surface area contributed by atoms with Crippen molar-refractivity contribution < 1.29 is 9.15 Å². The van der Waals surface area contributed by atoms with E-state index in [0.717, 1.165) is 17.7 Å². The van der Waals surface area contributed by atoms with Gasteiger partial charge in [0.15, 0.2) is 4.67 Å². The molecule has 2 N–H and O–H groups in total. The topological polar surface area (TPSA) is 48.4 Å². The second kappa shape index (κ2) is 5.38. The maximum Gasteiger partial charge on any atom is 0.173 e. The molecular weight excluding hydrogens is 282 g/mol. The minimum atomic E-state index is -0.0727. The predicted molar refractivity (Wildman–Crippen MR) is 70.0 cm³/mol. The van der Waals surface area contributed by atoms with Crippen molar-refractivity contribution in [3.63, 3.8) is 0 Å². The van der Waals surface area contributed by atoms with E-state index >= 15 is 0 Å². The smallest absolute Gasteiger partial charge is 0.173 e. The van der Waals surface area contributed by atoms with Crippen molar-refractivity contribution in [2.45, 2.75) is 12.5 Å². The standard InChI is InChI=1S/C13H14BrNO2/c1-16-10-4-2-9(3-5-10)8-12(15)11-6-7-17-13(11)14/h2-7,12H,8,15H2,1H3. The third kappa shape index (κ3) is 2.90. The molecule has 0 amide bonds. The van der Waals surface area contributed by atoms with Crippen molar-refractivity contribution >= 4 is 15.9 Å². The summed E-state index contributed by atoms with van der Waals surface area (Å²) in [5.74, 6) is 0.854. The summed E-state index contributed by atoms with van der Waals surface area (Å²) < 4.78 is 11.0. The molecule has 0 fully saturated rings. The van der Waals surface area contributed by atoms with Crippen LogP contribution in [0.2, 0.25) is 0 Å². The molecule has 0 aliphatic rings. The molecule has 0 bridgehead atoms. The van der Waals surface area contributed by atoms with E-state index < -0.39 is 0 Å². The van der Waals surface area contributed by atoms with Crippen LogP contribution in [0.5, 0.6) is 5.75 Å². The fraction of sp³-hybridized carbons (Fsp3) is 0.231. The average molecular weight is 296 g/mol. The first-order valence-corrected chi connectivity index (χ1v) is 6.11. The molecule has 2 rings (SSSR count). The Morgan fingerprint density at radius 2 is 2.00 bits per heavy atom. The molecule has 1 atom stereocenters. The van der Waals surface area contributed by atoms with Crippen LogP contribution in [0.4, 0.5) is 0 Å². The summed E-state index contributed by atoms with van der Waals surface area (Å²) in [5.41, 5.74) is 8.28. The lowest BCUT2D eigenvalue weighted by Gasteiger charge is -2.10. The molecule has 1 aromatic carbocycles. The summed E-state index contributed by atoms with van der Waals surface area (Å²) in [6.07, 6.45) is 2.40. The number of ether oxygens (including phenoxy) is 1. The van der Waals surface area contributed by atoms with Gasteiger partial charge in [-0.25, -0.2) is 0 Å². The Morgan fingerprint density at radius 1 is 1.29 bits per heavy atom. The molecule has 1 heterocycles. The quantitative estimate of drug-likeness (QED) is 0.941. The van der Waals surface area contributed by atoms with Gasteiger partial charge in [-0.2, -0.15) is 0 Å². The van der Waals surface area contributed by atoms with Crippen molar-refractivity contribution in [1.82, 2.24) is 0 Å². The normalized spacial score (nSPS) is 12.4. The second-order valence-corrected chi connectivity index (χ2v) is 4.53. The number of methoxy groups -OCH3 is 1. The summed E-state index contributed by atoms with van der Waals surface area (Å²) >= 11 is 3.34. The van der Waals surface area contributed by atoms with E-state index in [9.17, 15) is 0 Å². The fourth-order valence-corrected chi connectivity index (χ4v) is 2.23. The van der Waals surface area contributed by atoms with Crippen LogP contribution in [-0.4, -0.2) is 7.11 Å². The third-order valence-electron chi connectivity index (χ3n) is 2.66. The molecule has 1 aromatic heterocycles. The Hall–Kier alpha value is -1.26. The Labute approximate surface area is 109 Å². The van der Waals surface area contributed by atoms with Gasteiger partial charge >= 0.3 is 0 Å². The number of benzene rings is 1. The summed E-state index contributed by atoms with van der Waals surface area (Å²) in [5, 5.41) is 0. The number of halogens is 1. The molecule has 17 heavy (non-hydrogen) atoms. The Kier molecular flexibility index (Phi) is 3.86. The first-order valence-electron chi connectivity index (χ1n) is 5.32. The highest BCUT2D eigenvalue weighted by atomic mass is 79.9. The van der Waals surface area contributed by atoms with E-state index in [1.165, 1.54) is 5.56 Å². The van der Waals surface area contributed by atoms with Crippen LogP contribution < -0.4 is 10.5 Å². The predicted octanol–water partition coefficient (Wildman–Crippen LogP) is 3.29. The molecule has 2 aromatic rings. The van der Waals surface area contributed by atoms with E-state index in [0.29, 0.717) is 4.67 Å². The van der Waals surface area contributed by atoms with Crippen molar-refractivity contribution in [2.24, 2.45) is 5.73 Å². The monoisotopic (exact) mass is 295 g/mol. The number of hydrogen-bond acceptors (Lipinski definition) is 3. The maximum atomic E-state index is 6.12. The zero-order chi connectivity index (χ0) is 12.3. The van der Waals surface area contributed by atoms with E-state index in [4.69, 9.17) is 14.9 Å². The molecule has 0 radical (unpaired) electrons. The Balaban J connectivity index is 2.07. The van der Waals surface area contributed by atoms with Crippen LogP contribution in [0.3, 0.4) is 0 Å². The lowest BCUT2D eigenvalue weighted by Crippen LogP contribution is -2.12. The Bertz CT molecular complexity index is 478. The van der Waals surface area contributed by atoms with Crippen LogP contribution in [-0.2, 0) is 6.42 Å². The van der Waals surface area contributed by atoms with Crippen molar-refractivity contribution in [3.8, 4) is 5.75 Å². The lowest BCUT2D eigenvalue weighted by atomic mass is 10.0. The molecule has 1 unspecified atom stereocenters. The summed E-state index contributed by atoms with van der Waals surface area (Å²) in [4.78, 5) is 0. The highest BCUT2D eigenvalue weighted by Gasteiger charge is 2.12. The number of hydrogen-bond donors (Lipinski definition) is 1. The third-order valence-corrected chi connectivity index (χ3v) is 3.30. The van der Waals surface area contributed by atoms with E-state index in [1.54, 1.807) is 13.4 Å². The Morgan fingerprint density at radius 3 is 2.53 bits per heavy atom. The summed E-state index contributed by atoms with van der Waals surface area (Å²) in [6, 6.07) is 9.73. The molecule has 0 spiro atoms. The van der Waals surface area contributed by atoms with Gasteiger partial charge in [0.05, 0.1) is 13.4 Å². The molecular formula is C13H14BrNO2. The molecule has 0 saturated heterocycles. The van der Waals surface area contributed by atoms with Gasteiger partial charge in [0.25, 0.3) is 0 Å². The van der Waals surface area contributed by atoms with Crippen molar-refractivity contribution in [1.29, 1.82) is 0 Å². The van der Waals surface area contributed by atoms with Gasteiger partial charge in [0, 0.05) is 11.6 Å². The minimum Gasteiger partial charge on any atom is -0.497 e. The number of nitrogens with two attached hydrogens (primary N) is 1. The summed E-state index contributed by atoms with van der Waals surface area (Å²) in [6.45, 7) is 0. The molecule has 90 valence electrons. The van der Waals surface area contributed by atoms with Gasteiger partial charge < -0.3 is 14.9 Å². The highest BCUT2D eigenvalue weighted by Crippen LogP contribution is 2.25. The zero-order valence-corrected chi connectivity index (χ0v) is 11.1. The van der Waals surface area contributed by atoms with E-state index in [1.807, 2.05) is 30.3 Å². The van der Waals surface area contributed by atoms with Crippen LogP contribution in [0.15, 0.2) is 45.7 Å². The zero-order valence-electron chi connectivity index (χ0n) is 9.52. The second-order valence-electron chi connectivity index (χ2n) is 3.81. The first-order chi connectivity index (χ1) is 8.20. The first kappa shape index (κ1) is 12.2. The van der Waals surface area contributed by atoms with Gasteiger partial charge in [-0.15, -0.1) is 0 Å². The minimum absolute atomic E-state index is 0.0727. The van der Waals surface area contributed by atoms with Gasteiger partial charge in [0.1, 0.15) is 5.75 Å². The SMILES string of the molecule is COc1ccc(CC(N)c2ccoc2Br)cc1. The van der Waals surface area contributed by atoms with Crippen molar-refractivity contribution in [3.05, 3.63) is 52.4 Å². The molecule has 0 aliphatic heterocycles.